The number of carbonyl (C=O) groups excluding carboxylic acids is 1. The summed E-state index contributed by atoms with van der Waals surface area (Å²) in [7, 11) is 0. The third-order valence-corrected chi connectivity index (χ3v) is 20.8. The number of aliphatic imine (C=N–C) groups is 19. The number of aliphatic hydroxyl groups is 23. The van der Waals surface area contributed by atoms with Gasteiger partial charge in [-0.25, -0.2) is 94.9 Å². The van der Waals surface area contributed by atoms with Crippen LogP contribution < -0.4 is 0 Å². The Hall–Kier alpha value is -13.0. The van der Waals surface area contributed by atoms with Gasteiger partial charge in [-0.15, -0.1) is 0 Å². The average molecular weight is 1920 g/mol. The summed E-state index contributed by atoms with van der Waals surface area (Å²) in [4.78, 5) is 94.7. The van der Waals surface area contributed by atoms with Gasteiger partial charge in [0.15, 0.2) is 23.6 Å². The molecule has 1 aliphatic heterocycles. The van der Waals surface area contributed by atoms with Crippen molar-refractivity contribution in [2.75, 3.05) is 19.7 Å². The monoisotopic (exact) mass is 1920 g/mol. The van der Waals surface area contributed by atoms with Crippen LogP contribution in [0.15, 0.2) is 125 Å². The largest absolute Gasteiger partial charge is 0.497 e. The zero-order valence-corrected chi connectivity index (χ0v) is 82.4. The number of benzene rings is 1. The van der Waals surface area contributed by atoms with Crippen molar-refractivity contribution in [3.63, 3.8) is 0 Å². The molecule has 12 atom stereocenters. The summed E-state index contributed by atoms with van der Waals surface area (Å²) in [6.45, 7) is 34.5. The number of likely N-dealkylation sites (tertiary alicyclic amines) is 1. The summed E-state index contributed by atoms with van der Waals surface area (Å²) < 4.78 is 0. The van der Waals surface area contributed by atoms with Crippen LogP contribution >= 0.6 is 0 Å². The van der Waals surface area contributed by atoms with E-state index >= 15 is 0 Å². The molecule has 1 amide bonds. The van der Waals surface area contributed by atoms with Gasteiger partial charge in [-0.1, -0.05) is 71.9 Å². The second-order valence-corrected chi connectivity index (χ2v) is 37.7. The SMILES string of the molecule is CC(O)=NC(C)(C)C(O)=NC(C)C(O)=NC(C)(C)C(O)=NC(C)C(O)=NC(C)(C)C(O)=NC(C)C(O)=NC(CCC(=N)O)C(O)=NC(C)(C)C(O)=NC(C(O)=NC(C)(C)C(O)=NCC(O)=NC(CC(C)C)C(O)=NC(C)C(=O)N1CCCC1C(O)=NC(C(O)=NC(C)(C)C(O)=NC(C)(C)C(O)=NC(CCC(=N)O)C(O)=NC(CCC(=N)O)C(O)=NC(CO)Cc1ccccc1)C(C)C)C(C)C. The van der Waals surface area contributed by atoms with Crippen molar-refractivity contribution >= 4 is 136 Å². The lowest BCUT2D eigenvalue weighted by atomic mass is 10.0. The minimum absolute atomic E-state index is 0.0562. The van der Waals surface area contributed by atoms with Gasteiger partial charge in [0.2, 0.25) is 112 Å². The maximum atomic E-state index is 14.3. The standard InChI is InChI=1S/C89H147N23O24/c1-44(2)40-57(70(124)94-50(10)75(129)112-39-29-32-58(112)72(126)103-63(45(3)4)73(127)110-89(24,25)82(136)111-88(22,23)80(134)102-55(34-37-60(91)116)69(123)101-54(33-36-59(90)115)68(122)98-53(43-113)41-52-30-27-26-28-31-52)99-62(118)42-93-76(130)83(12,13)109-74(128)64(46(5)6)104-81(135)87(20,21)108-71(125)56(35-38-61(92)117)100-65(119)47(7)95-78(132)85(16,17)106-67(121)49(9)97-79(133)86(18,19)107-66(120)48(8)96-77(131)84(14,15)105-51(11)114/h26-28,30-31,44-50,53-58,63-64,113H,29,32-43H2,1-25H3,(H2,90,115)(H2,91,116)(H2,92,117)(H,93,130)(H,94,124)(H,95,132)(H,96,131)(H,97,133)(H,98,122)(H,99,118)(H,100,119)(H,101,123)(H,102,134)(H,103,126)(H,104,135)(H,105,114)(H,106,121)(H,107,120)(H,108,125)(H,109,128)(H,110,127)(H,111,136). The Morgan fingerprint density at radius 1 is 0.382 bits per heavy atom. The van der Waals surface area contributed by atoms with Crippen molar-refractivity contribution in [3.05, 3.63) is 35.9 Å². The first-order valence-electron chi connectivity index (χ1n) is 44.3. The van der Waals surface area contributed by atoms with Gasteiger partial charge in [-0.05, 0) is 193 Å². The molecule has 1 aliphatic rings. The zero-order valence-electron chi connectivity index (χ0n) is 82.4. The quantitative estimate of drug-likeness (QED) is 0.0213. The molecule has 0 radical (unpaired) electrons. The van der Waals surface area contributed by atoms with Crippen LogP contribution in [0.2, 0.25) is 0 Å². The molecule has 26 N–H and O–H groups in total. The molecule has 47 heteroatoms. The van der Waals surface area contributed by atoms with E-state index < -0.39 is 279 Å². The molecule has 136 heavy (non-hydrogen) atoms. The van der Waals surface area contributed by atoms with E-state index in [-0.39, 0.29) is 63.3 Å². The molecular formula is C89H147N23O24. The summed E-state index contributed by atoms with van der Waals surface area (Å²) in [6.07, 6.45) is -1.38. The number of rotatable bonds is 54. The molecule has 0 spiro atoms. The van der Waals surface area contributed by atoms with Crippen LogP contribution in [0.5, 0.6) is 0 Å². The fraction of sp³-hybridized carbons (Fsp3) is 0.674. The van der Waals surface area contributed by atoms with E-state index in [0.29, 0.717) is 6.42 Å². The predicted molar refractivity (Wildman–Crippen MR) is 535 cm³/mol. The minimum atomic E-state index is -1.88. The summed E-state index contributed by atoms with van der Waals surface area (Å²) in [5.74, 6) is -18.2. The Labute approximate surface area is 792 Å². The lowest BCUT2D eigenvalue weighted by molar-refractivity contribution is -0.132. The fourth-order valence-electron chi connectivity index (χ4n) is 12.5. The molecule has 2 rings (SSSR count). The molecule has 0 aliphatic carbocycles. The highest BCUT2D eigenvalue weighted by Crippen LogP contribution is 2.28. The number of amides is 1. The van der Waals surface area contributed by atoms with Crippen molar-refractivity contribution in [2.24, 2.45) is 113 Å². The van der Waals surface area contributed by atoms with Crippen molar-refractivity contribution in [1.82, 2.24) is 4.90 Å². The van der Waals surface area contributed by atoms with Gasteiger partial charge in [0.1, 0.15) is 112 Å². The minimum Gasteiger partial charge on any atom is -0.497 e. The van der Waals surface area contributed by atoms with Crippen molar-refractivity contribution in [2.45, 2.75) is 349 Å². The van der Waals surface area contributed by atoms with E-state index in [9.17, 15) is 122 Å². The van der Waals surface area contributed by atoms with E-state index in [1.165, 1.54) is 136 Å². The maximum Gasteiger partial charge on any atom is 0.247 e. The van der Waals surface area contributed by atoms with Gasteiger partial charge in [-0.3, -0.25) is 21.0 Å². The highest BCUT2D eigenvalue weighted by molar-refractivity contribution is 6.00. The normalized spacial score (nSPS) is 19.1. The molecule has 762 valence electrons. The third kappa shape index (κ3) is 38.8. The summed E-state index contributed by atoms with van der Waals surface area (Å²) in [5.41, 5.74) is -11.3. The van der Waals surface area contributed by atoms with Gasteiger partial charge in [-0.2, -0.15) is 0 Å². The number of nitrogens with one attached hydrogen (secondary N) is 3. The molecule has 0 saturated carbocycles. The molecule has 1 heterocycles. The molecule has 1 saturated heterocycles. The first-order valence-corrected chi connectivity index (χ1v) is 44.3. The highest BCUT2D eigenvalue weighted by atomic mass is 16.3. The zero-order chi connectivity index (χ0) is 105. The first kappa shape index (κ1) is 119. The predicted octanol–water partition coefficient (Wildman–Crippen LogP) is 13.3. The van der Waals surface area contributed by atoms with E-state index in [1.54, 1.807) is 71.9 Å². The molecular weight excluding hydrogens is 1780 g/mol. The summed E-state index contributed by atoms with van der Waals surface area (Å²) in [6, 6.07) is -6.82. The Bertz CT molecular complexity index is 4870. The van der Waals surface area contributed by atoms with Gasteiger partial charge >= 0.3 is 0 Å². The van der Waals surface area contributed by atoms with Crippen LogP contribution in [0.3, 0.4) is 0 Å². The van der Waals surface area contributed by atoms with Gasteiger partial charge in [0.25, 0.3) is 0 Å². The molecule has 0 bridgehead atoms. The maximum absolute atomic E-state index is 14.3. The van der Waals surface area contributed by atoms with Crippen molar-refractivity contribution < 1.29 is 122 Å². The number of hydrogen-bond donors (Lipinski definition) is 26. The first-order chi connectivity index (χ1) is 62.3. The second-order valence-electron chi connectivity index (χ2n) is 37.7. The fourth-order valence-corrected chi connectivity index (χ4v) is 12.5. The van der Waals surface area contributed by atoms with Crippen LogP contribution in [0.25, 0.3) is 0 Å². The van der Waals surface area contributed by atoms with Crippen molar-refractivity contribution in [1.29, 1.82) is 16.2 Å². The highest BCUT2D eigenvalue weighted by Gasteiger charge is 2.41. The number of carbonyl (C=O) groups is 1. The Morgan fingerprint density at radius 2 is 0.743 bits per heavy atom. The summed E-state index contributed by atoms with van der Waals surface area (Å²) >= 11 is 0. The Balaban J connectivity index is 2.49. The number of hydrogen-bond acceptors (Lipinski definition) is 24. The molecule has 1 aromatic rings. The van der Waals surface area contributed by atoms with Crippen LogP contribution in [-0.4, -0.2) is 389 Å². The van der Waals surface area contributed by atoms with Gasteiger partial charge in [0, 0.05) is 32.7 Å². The van der Waals surface area contributed by atoms with E-state index in [1.807, 2.05) is 0 Å². The molecule has 1 fully saturated rings. The average Bonchev–Trinajstić information content (AvgIpc) is 1.73. The van der Waals surface area contributed by atoms with Crippen LogP contribution in [-0.2, 0) is 11.2 Å². The van der Waals surface area contributed by atoms with Crippen molar-refractivity contribution in [3.8, 4) is 0 Å². The molecule has 12 unspecified atom stereocenters. The topological polar surface area (TPSA) is 792 Å². The van der Waals surface area contributed by atoms with Crippen LogP contribution in [0.1, 0.15) is 236 Å². The number of nitrogens with zero attached hydrogens (tertiary/aromatic N) is 20. The third-order valence-electron chi connectivity index (χ3n) is 20.8. The lowest BCUT2D eigenvalue weighted by Gasteiger charge is -2.27. The summed E-state index contributed by atoms with van der Waals surface area (Å²) in [5, 5.41) is 276. The molecule has 1 aromatic carbocycles. The van der Waals surface area contributed by atoms with Crippen LogP contribution in [0, 0.1) is 34.0 Å². The van der Waals surface area contributed by atoms with Gasteiger partial charge in [0.05, 0.1) is 12.6 Å². The molecule has 47 nitrogen and oxygen atoms in total. The molecule has 0 aromatic heterocycles. The smallest absolute Gasteiger partial charge is 0.247 e. The lowest BCUT2D eigenvalue weighted by Crippen LogP contribution is -2.45. The van der Waals surface area contributed by atoms with E-state index in [4.69, 9.17) is 16.2 Å². The Morgan fingerprint density at radius 3 is 1.18 bits per heavy atom. The second kappa shape index (κ2) is 51.6. The van der Waals surface area contributed by atoms with E-state index in [2.05, 4.69) is 94.9 Å². The van der Waals surface area contributed by atoms with Gasteiger partial charge < -0.3 is 122 Å². The van der Waals surface area contributed by atoms with Crippen LogP contribution in [0.4, 0.5) is 0 Å². The van der Waals surface area contributed by atoms with E-state index in [0.717, 1.165) is 5.56 Å². The Kier molecular flexibility index (Phi) is 45.2. The number of aliphatic hydroxyl groups excluding tert-OH is 23.